The highest BCUT2D eigenvalue weighted by atomic mass is 16.7. The molecule has 6 atom stereocenters. The highest BCUT2D eigenvalue weighted by Gasteiger charge is 2.54. The van der Waals surface area contributed by atoms with E-state index in [0.717, 1.165) is 22.3 Å². The lowest BCUT2D eigenvalue weighted by molar-refractivity contribution is -0.258. The highest BCUT2D eigenvalue weighted by Crippen LogP contribution is 2.48. The molecule has 8 aromatic rings. The monoisotopic (exact) mass is 1090 g/mol. The summed E-state index contributed by atoms with van der Waals surface area (Å²) >= 11 is 0. The fourth-order valence-electron chi connectivity index (χ4n) is 10.7. The largest absolute Gasteiger partial charge is 0.497 e. The van der Waals surface area contributed by atoms with Crippen molar-refractivity contribution in [1.82, 2.24) is 19.1 Å². The van der Waals surface area contributed by atoms with Crippen LogP contribution in [0.15, 0.2) is 189 Å². The second-order valence-electron chi connectivity index (χ2n) is 19.7. The number of aromatic nitrogens is 4. The van der Waals surface area contributed by atoms with E-state index < -0.39 is 70.3 Å². The maximum Gasteiger partial charge on any atom is 0.330 e. The van der Waals surface area contributed by atoms with E-state index in [-0.39, 0.29) is 37.2 Å². The zero-order valence-corrected chi connectivity index (χ0v) is 45.0. The molecule has 0 amide bonds. The van der Waals surface area contributed by atoms with Gasteiger partial charge in [0.15, 0.2) is 5.79 Å². The molecule has 2 fully saturated rings. The first-order chi connectivity index (χ1) is 38.7. The van der Waals surface area contributed by atoms with Crippen LogP contribution in [0.4, 0.5) is 0 Å². The topological polar surface area (TPSA) is 213 Å². The van der Waals surface area contributed by atoms with Crippen LogP contribution in [0.1, 0.15) is 69.8 Å². The summed E-state index contributed by atoms with van der Waals surface area (Å²) in [5.41, 5.74) is -0.522. The van der Waals surface area contributed by atoms with Crippen LogP contribution in [0.3, 0.4) is 0 Å². The van der Waals surface area contributed by atoms with E-state index in [2.05, 4.69) is 9.97 Å². The summed E-state index contributed by atoms with van der Waals surface area (Å²) in [6.45, 7) is 2.42. The summed E-state index contributed by atoms with van der Waals surface area (Å²) in [6, 6.07) is 49.2. The summed E-state index contributed by atoms with van der Waals surface area (Å²) in [7, 11) is 6.34. The fourth-order valence-corrected chi connectivity index (χ4v) is 10.7. The number of ether oxygens (including phenoxy) is 9. The van der Waals surface area contributed by atoms with Crippen LogP contribution < -0.4 is 41.4 Å². The van der Waals surface area contributed by atoms with Crippen LogP contribution >= 0.6 is 0 Å². The standard InChI is InChI=1S/C62H62N4O14/c1-39-35-65(58(69)63-56(39)67)54-33-51(80-62(42-15-11-8-12-16-42,45-21-29-49(74-5)30-22-45)46-23-31-50(75-6)32-24-46)52(78-54)37-76-60(71)34-55(66-36-40(2)57(68)64-59(66)70)79-53(60)38-77-61(41-13-9-7-10-14-41,43-17-25-47(72-3)26-18-43)44-19-27-48(73-4)28-20-44/h7-32,35-36,51-55,71H,33-34,37-38H2,1-6H3,(H,63,67,69)(H,64,68,70)/t51-,52+,53+,54+,55+,60-/m0/s1. The van der Waals surface area contributed by atoms with Crippen molar-refractivity contribution in [1.29, 1.82) is 0 Å². The van der Waals surface area contributed by atoms with Gasteiger partial charge in [0.05, 0.1) is 47.8 Å². The predicted molar refractivity (Wildman–Crippen MR) is 296 cm³/mol. The minimum atomic E-state index is -2.25. The number of nitrogens with one attached hydrogen (secondary N) is 2. The Bertz CT molecular complexity index is 3550. The van der Waals surface area contributed by atoms with Crippen LogP contribution in [0.5, 0.6) is 23.0 Å². The van der Waals surface area contributed by atoms with Crippen LogP contribution in [-0.4, -0.2) is 90.0 Å². The first-order valence-corrected chi connectivity index (χ1v) is 26.0. The number of rotatable bonds is 20. The number of H-pyrrole nitrogens is 2. The van der Waals surface area contributed by atoms with Crippen molar-refractivity contribution in [3.63, 3.8) is 0 Å². The van der Waals surface area contributed by atoms with E-state index in [1.807, 2.05) is 158 Å². The quantitative estimate of drug-likeness (QED) is 0.0501. The molecule has 0 radical (unpaired) electrons. The van der Waals surface area contributed by atoms with Gasteiger partial charge in [0.2, 0.25) is 0 Å². The van der Waals surface area contributed by atoms with E-state index in [0.29, 0.717) is 34.1 Å². The molecule has 0 saturated carbocycles. The summed E-state index contributed by atoms with van der Waals surface area (Å²) in [5.74, 6) is 0.211. The Hall–Kier alpha value is -8.36. The molecule has 2 saturated heterocycles. The summed E-state index contributed by atoms with van der Waals surface area (Å²) in [5, 5.41) is 13.3. The van der Waals surface area contributed by atoms with Gasteiger partial charge < -0.3 is 47.7 Å². The van der Waals surface area contributed by atoms with Gasteiger partial charge in [-0.2, -0.15) is 0 Å². The molecule has 0 spiro atoms. The molecular weight excluding hydrogens is 1020 g/mol. The molecule has 0 aliphatic carbocycles. The fraction of sp³-hybridized carbons (Fsp3) is 0.290. The van der Waals surface area contributed by atoms with Gasteiger partial charge in [0, 0.05) is 36.4 Å². The Morgan fingerprint density at radius 2 is 0.912 bits per heavy atom. The predicted octanol–water partition coefficient (Wildman–Crippen LogP) is 7.40. The van der Waals surface area contributed by atoms with Crippen molar-refractivity contribution in [2.24, 2.45) is 0 Å². The molecule has 3 N–H and O–H groups in total. The molecule has 18 nitrogen and oxygen atoms in total. The zero-order chi connectivity index (χ0) is 56.2. The van der Waals surface area contributed by atoms with Crippen molar-refractivity contribution in [3.8, 4) is 23.0 Å². The number of methoxy groups -OCH3 is 4. The number of hydrogen-bond acceptors (Lipinski definition) is 14. The number of hydrogen-bond donors (Lipinski definition) is 3. The smallest absolute Gasteiger partial charge is 0.330 e. The van der Waals surface area contributed by atoms with Gasteiger partial charge in [0.25, 0.3) is 11.1 Å². The summed E-state index contributed by atoms with van der Waals surface area (Å²) in [6.07, 6.45) is -2.99. The third-order valence-corrected chi connectivity index (χ3v) is 15.0. The Balaban J connectivity index is 1.08. The molecule has 0 unspecified atom stereocenters. The van der Waals surface area contributed by atoms with E-state index in [1.165, 1.54) is 21.5 Å². The normalized spacial score (nSPS) is 20.1. The van der Waals surface area contributed by atoms with Crippen molar-refractivity contribution >= 4 is 0 Å². The van der Waals surface area contributed by atoms with E-state index >= 15 is 0 Å². The van der Waals surface area contributed by atoms with Crippen molar-refractivity contribution in [2.45, 2.75) is 74.4 Å². The lowest BCUT2D eigenvalue weighted by atomic mass is 9.79. The van der Waals surface area contributed by atoms with Gasteiger partial charge in [-0.3, -0.25) is 28.7 Å². The molecule has 10 rings (SSSR count). The Morgan fingerprint density at radius 3 is 1.34 bits per heavy atom. The molecule has 2 aromatic heterocycles. The molecule has 2 aliphatic rings. The summed E-state index contributed by atoms with van der Waals surface area (Å²) < 4.78 is 60.1. The van der Waals surface area contributed by atoms with Crippen molar-refractivity contribution in [3.05, 3.63) is 256 Å². The number of aryl methyl sites for hydroxylation is 2. The molecular formula is C62H62N4O14. The van der Waals surface area contributed by atoms with E-state index in [4.69, 9.17) is 42.6 Å². The second kappa shape index (κ2) is 23.2. The Kier molecular flexibility index (Phi) is 15.9. The molecule has 414 valence electrons. The number of nitrogens with zero attached hydrogens (tertiary/aromatic N) is 2. The van der Waals surface area contributed by atoms with Crippen LogP contribution in [0.2, 0.25) is 0 Å². The molecule has 4 heterocycles. The molecule has 0 bridgehead atoms. The van der Waals surface area contributed by atoms with Crippen LogP contribution in [0.25, 0.3) is 0 Å². The average molecular weight is 1090 g/mol. The lowest BCUT2D eigenvalue weighted by Gasteiger charge is -2.40. The van der Waals surface area contributed by atoms with E-state index in [1.54, 1.807) is 42.3 Å². The minimum Gasteiger partial charge on any atom is -0.497 e. The lowest BCUT2D eigenvalue weighted by Crippen LogP contribution is -2.48. The van der Waals surface area contributed by atoms with Gasteiger partial charge in [0.1, 0.15) is 58.9 Å². The molecule has 80 heavy (non-hydrogen) atoms. The highest BCUT2D eigenvalue weighted by molar-refractivity contribution is 5.51. The minimum absolute atomic E-state index is 0.0553. The van der Waals surface area contributed by atoms with Gasteiger partial charge in [-0.05, 0) is 95.8 Å². The Morgan fingerprint density at radius 1 is 0.525 bits per heavy atom. The first kappa shape index (κ1) is 55.0. The Labute approximate surface area is 460 Å². The van der Waals surface area contributed by atoms with E-state index in [9.17, 15) is 24.3 Å². The average Bonchev–Trinajstić information content (AvgIpc) is 3.90. The second-order valence-corrected chi connectivity index (χ2v) is 19.7. The number of aromatic amines is 2. The van der Waals surface area contributed by atoms with Gasteiger partial charge in [-0.25, -0.2) is 9.59 Å². The maximum absolute atomic E-state index is 13.7. The molecule has 2 aliphatic heterocycles. The molecule has 18 heteroatoms. The molecule has 6 aromatic carbocycles. The van der Waals surface area contributed by atoms with Crippen LogP contribution in [-0.2, 0) is 34.9 Å². The van der Waals surface area contributed by atoms with Gasteiger partial charge >= 0.3 is 11.4 Å². The third kappa shape index (κ3) is 10.6. The van der Waals surface area contributed by atoms with Crippen molar-refractivity contribution < 1.29 is 47.7 Å². The van der Waals surface area contributed by atoms with Gasteiger partial charge in [-0.1, -0.05) is 109 Å². The maximum atomic E-state index is 13.7. The third-order valence-electron chi connectivity index (χ3n) is 15.0. The SMILES string of the molecule is COc1ccc(C(OC[C@H]2O[C@@H](n3cc(C)c(=O)[nH]c3=O)C[C@]2(O)OC[C@H]2O[C@@H](n3cc(C)c(=O)[nH]c3=O)C[C@@H]2OC(c2ccccc2)(c2ccc(OC)cc2)c2ccc(OC)cc2)(c2ccccc2)c2ccc(OC)cc2)cc1. The number of aliphatic hydroxyl groups is 1. The zero-order valence-electron chi connectivity index (χ0n) is 45.0. The first-order valence-electron chi connectivity index (χ1n) is 26.0. The summed E-state index contributed by atoms with van der Waals surface area (Å²) in [4.78, 5) is 57.5. The van der Waals surface area contributed by atoms with Crippen molar-refractivity contribution in [2.75, 3.05) is 41.7 Å². The van der Waals surface area contributed by atoms with Gasteiger partial charge in [-0.15, -0.1) is 0 Å². The number of benzene rings is 6. The van der Waals surface area contributed by atoms with Crippen LogP contribution in [0, 0.1) is 13.8 Å².